The van der Waals surface area contributed by atoms with E-state index in [1.165, 1.54) is 8.61 Å². The van der Waals surface area contributed by atoms with Crippen LogP contribution in [0.4, 0.5) is 0 Å². The van der Waals surface area contributed by atoms with Crippen LogP contribution < -0.4 is 20.6 Å². The zero-order valence-electron chi connectivity index (χ0n) is 44.1. The maximum absolute atomic E-state index is 13.4. The number of likely N-dealkylation sites (N-methyl/N-ethyl adjacent to an activating group) is 2. The second-order valence-corrected chi connectivity index (χ2v) is 20.6. The van der Waals surface area contributed by atoms with E-state index >= 15 is 0 Å². The molecule has 8 rings (SSSR count). The molecule has 6 aromatic rings. The summed E-state index contributed by atoms with van der Waals surface area (Å²) in [6.07, 6.45) is 3.10. The lowest BCUT2D eigenvalue weighted by molar-refractivity contribution is 0.196. The first-order chi connectivity index (χ1) is 32.6. The number of imidazole rings is 2. The van der Waals surface area contributed by atoms with Gasteiger partial charge >= 0.3 is 0 Å². The van der Waals surface area contributed by atoms with Crippen molar-refractivity contribution in [2.24, 2.45) is 0 Å². The Labute approximate surface area is 454 Å². The smallest absolute Gasteiger partial charge is 0.299 e. The number of aromatic amines is 2. The number of sulfonamides is 2. The summed E-state index contributed by atoms with van der Waals surface area (Å²) in [5.41, 5.74) is 1.99. The van der Waals surface area contributed by atoms with Gasteiger partial charge in [0.15, 0.2) is 22.7 Å². The van der Waals surface area contributed by atoms with Crippen LogP contribution in [0.3, 0.4) is 0 Å². The molecule has 0 amide bonds. The van der Waals surface area contributed by atoms with E-state index in [4.69, 9.17) is 9.47 Å². The van der Waals surface area contributed by atoms with Crippen LogP contribution >= 0.6 is 24.8 Å². The summed E-state index contributed by atoms with van der Waals surface area (Å²) < 4.78 is 71.5. The number of H-pyrrole nitrogens is 2. The monoisotopic (exact) mass is 1160 g/mol. The molecular formula is C46H78Cl2N12O14S2. The van der Waals surface area contributed by atoms with E-state index < -0.39 is 31.2 Å². The van der Waals surface area contributed by atoms with Gasteiger partial charge in [-0.15, -0.1) is 24.8 Å². The Hall–Kier alpha value is -5.18. The van der Waals surface area contributed by atoms with Gasteiger partial charge < -0.3 is 52.1 Å². The molecule has 4 aromatic heterocycles. The van der Waals surface area contributed by atoms with E-state index in [1.54, 1.807) is 59.3 Å². The second-order valence-electron chi connectivity index (χ2n) is 16.7. The Morgan fingerprint density at radius 2 is 0.842 bits per heavy atom. The van der Waals surface area contributed by atoms with Gasteiger partial charge in [-0.2, -0.15) is 18.6 Å². The van der Waals surface area contributed by atoms with Gasteiger partial charge in [0.1, 0.15) is 23.1 Å². The van der Waals surface area contributed by atoms with Crippen LogP contribution in [0.25, 0.3) is 33.8 Å². The van der Waals surface area contributed by atoms with Crippen LogP contribution in [0.5, 0.6) is 11.5 Å². The van der Waals surface area contributed by atoms with Gasteiger partial charge in [0.25, 0.3) is 11.1 Å². The Bertz CT molecular complexity index is 2920. The van der Waals surface area contributed by atoms with Crippen molar-refractivity contribution in [1.82, 2.24) is 57.6 Å². The molecule has 0 saturated carbocycles. The van der Waals surface area contributed by atoms with Crippen molar-refractivity contribution in [2.75, 3.05) is 78.7 Å². The average Bonchev–Trinajstić information content (AvgIpc) is 3.83. The standard InChI is InChI=1S/2C23H32N6O4S.2ClH.6H2O/c2*1-5-8-20-24-16(4)21-23(30)25-22(26-29(20)21)18-15-17(9-10-19(18)33-7-3)34(31,32)28-13-11-27(6-2)12-14-28;;;;;;;;/h2*9-10,15H,5-8,11-14H2,1-4H3,(H,25,26,30);2*1H;6*1H2. The highest BCUT2D eigenvalue weighted by molar-refractivity contribution is 7.89. The molecule has 2 aliphatic heterocycles. The number of hydrogen-bond donors (Lipinski definition) is 2. The number of benzene rings is 2. The zero-order valence-corrected chi connectivity index (χ0v) is 47.4. The molecule has 6 heterocycles. The fourth-order valence-electron chi connectivity index (χ4n) is 8.65. The van der Waals surface area contributed by atoms with Gasteiger partial charge in [0, 0.05) is 65.2 Å². The Kier molecular flexibility index (Phi) is 30.0. The molecule has 76 heavy (non-hydrogen) atoms. The third kappa shape index (κ3) is 15.1. The van der Waals surface area contributed by atoms with Crippen LogP contribution in [0.1, 0.15) is 77.4 Å². The number of aromatic nitrogens is 8. The first-order valence-corrected chi connectivity index (χ1v) is 26.4. The minimum Gasteiger partial charge on any atom is -0.493 e. The van der Waals surface area contributed by atoms with Crippen molar-refractivity contribution < 1.29 is 59.2 Å². The SMILES string of the molecule is CCCc1nc(C)c2c(=O)nc(-c3cc(S(=O)(=O)N4CCN(CC)CC4)ccc3OCC)[nH]n12.CCCc1nc(C)c2c(=O)nc(-c3cc(S(=O)(=O)N4CCN(CC)CC4)ccc3OCC)[nH]n12.Cl.Cl.O.O.O.O.O.O. The number of fused-ring (bicyclic) bond motifs is 2. The minimum absolute atomic E-state index is 0. The van der Waals surface area contributed by atoms with Gasteiger partial charge in [0.2, 0.25) is 20.0 Å². The van der Waals surface area contributed by atoms with Gasteiger partial charge in [-0.3, -0.25) is 19.8 Å². The van der Waals surface area contributed by atoms with Crippen molar-refractivity contribution in [3.63, 3.8) is 0 Å². The number of halogens is 2. The van der Waals surface area contributed by atoms with Crippen LogP contribution in [-0.4, -0.2) is 186 Å². The highest BCUT2D eigenvalue weighted by Gasteiger charge is 2.31. The lowest BCUT2D eigenvalue weighted by Crippen LogP contribution is -2.48. The maximum atomic E-state index is 13.4. The van der Waals surface area contributed by atoms with E-state index in [-0.39, 0.29) is 79.1 Å². The van der Waals surface area contributed by atoms with E-state index in [1.807, 2.05) is 27.7 Å². The average molecular weight is 1160 g/mol. The minimum atomic E-state index is -3.71. The summed E-state index contributed by atoms with van der Waals surface area (Å²) in [6, 6.07) is 9.45. The second kappa shape index (κ2) is 31.3. The van der Waals surface area contributed by atoms with Crippen molar-refractivity contribution in [2.45, 2.75) is 90.9 Å². The fourth-order valence-corrected chi connectivity index (χ4v) is 11.6. The normalized spacial score (nSPS) is 14.1. The third-order valence-corrected chi connectivity index (χ3v) is 16.1. The Balaban J connectivity index is 0. The predicted molar refractivity (Wildman–Crippen MR) is 296 cm³/mol. The molecule has 0 radical (unpaired) electrons. The topological polar surface area (TPSA) is 415 Å². The summed E-state index contributed by atoms with van der Waals surface area (Å²) >= 11 is 0. The fraction of sp³-hybridized carbons (Fsp3) is 0.522. The highest BCUT2D eigenvalue weighted by atomic mass is 35.5. The van der Waals surface area contributed by atoms with Crippen molar-refractivity contribution >= 4 is 55.9 Å². The molecule has 26 nitrogen and oxygen atoms in total. The van der Waals surface area contributed by atoms with E-state index in [9.17, 15) is 26.4 Å². The molecule has 2 aromatic carbocycles. The Morgan fingerprint density at radius 3 is 1.13 bits per heavy atom. The molecule has 0 unspecified atom stereocenters. The molecule has 432 valence electrons. The lowest BCUT2D eigenvalue weighted by atomic mass is 10.2. The Morgan fingerprint density at radius 1 is 0.513 bits per heavy atom. The first kappa shape index (κ1) is 72.9. The third-order valence-electron chi connectivity index (χ3n) is 12.3. The summed E-state index contributed by atoms with van der Waals surface area (Å²) in [5, 5.41) is 6.35. The number of aryl methyl sites for hydroxylation is 4. The summed E-state index contributed by atoms with van der Waals surface area (Å²) in [4.78, 5) is 48.1. The molecule has 0 atom stereocenters. The molecule has 2 aliphatic rings. The molecule has 0 aliphatic carbocycles. The van der Waals surface area contributed by atoms with Gasteiger partial charge in [-0.1, -0.05) is 27.7 Å². The molecule has 2 fully saturated rings. The van der Waals surface area contributed by atoms with E-state index in [0.29, 0.717) is 123 Å². The van der Waals surface area contributed by atoms with Gasteiger partial charge in [0.05, 0.1) is 45.5 Å². The first-order valence-electron chi connectivity index (χ1n) is 23.6. The number of hydrogen-bond acceptors (Lipinski definition) is 14. The van der Waals surface area contributed by atoms with Crippen LogP contribution in [0.2, 0.25) is 0 Å². The summed E-state index contributed by atoms with van der Waals surface area (Å²) in [5.74, 6) is 2.84. The number of nitrogens with zero attached hydrogens (tertiary/aromatic N) is 10. The van der Waals surface area contributed by atoms with Crippen LogP contribution in [0, 0.1) is 13.8 Å². The van der Waals surface area contributed by atoms with Crippen molar-refractivity contribution in [3.8, 4) is 34.3 Å². The summed E-state index contributed by atoms with van der Waals surface area (Å²) in [6.45, 7) is 22.6. The molecule has 14 N–H and O–H groups in total. The summed E-state index contributed by atoms with van der Waals surface area (Å²) in [7, 11) is -7.42. The molecular weight excluding hydrogens is 1080 g/mol. The quantitative estimate of drug-likeness (QED) is 0.129. The van der Waals surface area contributed by atoms with Crippen LogP contribution in [0.15, 0.2) is 55.8 Å². The van der Waals surface area contributed by atoms with Crippen LogP contribution in [-0.2, 0) is 32.9 Å². The molecule has 30 heteroatoms. The van der Waals surface area contributed by atoms with E-state index in [2.05, 4.69) is 53.8 Å². The largest absolute Gasteiger partial charge is 0.493 e. The van der Waals surface area contributed by atoms with Gasteiger partial charge in [-0.25, -0.2) is 35.8 Å². The zero-order chi connectivity index (χ0) is 48.9. The molecule has 0 spiro atoms. The van der Waals surface area contributed by atoms with Crippen molar-refractivity contribution in [3.05, 3.63) is 80.1 Å². The number of ether oxygens (including phenoxy) is 2. The maximum Gasteiger partial charge on any atom is 0.299 e. The number of rotatable bonds is 16. The number of piperazine rings is 2. The van der Waals surface area contributed by atoms with E-state index in [0.717, 1.165) is 37.6 Å². The number of nitrogens with one attached hydrogen (secondary N) is 2. The van der Waals surface area contributed by atoms with Gasteiger partial charge in [-0.05, 0) is 90.0 Å². The lowest BCUT2D eigenvalue weighted by Gasteiger charge is -2.33. The molecule has 2 saturated heterocycles. The predicted octanol–water partition coefficient (Wildman–Crippen LogP) is 0.0362. The molecule has 0 bridgehead atoms. The highest BCUT2D eigenvalue weighted by Crippen LogP contribution is 2.33. The van der Waals surface area contributed by atoms with Crippen molar-refractivity contribution in [1.29, 1.82) is 0 Å².